The molecule has 1 aromatic rings. The van der Waals surface area contributed by atoms with Gasteiger partial charge in [-0.1, -0.05) is 19.9 Å². The lowest BCUT2D eigenvalue weighted by atomic mass is 10.1. The van der Waals surface area contributed by atoms with E-state index in [1.54, 1.807) is 6.92 Å². The van der Waals surface area contributed by atoms with E-state index in [9.17, 15) is 18.0 Å². The number of carbonyl (C=O) groups is 1. The summed E-state index contributed by atoms with van der Waals surface area (Å²) in [6, 6.07) is 3.55. The first kappa shape index (κ1) is 17.3. The highest BCUT2D eigenvalue weighted by molar-refractivity contribution is 5.81. The Balaban J connectivity index is 2.69. The molecule has 21 heavy (non-hydrogen) atoms. The molecule has 0 unspecified atom stereocenters. The van der Waals surface area contributed by atoms with E-state index in [2.05, 4.69) is 10.6 Å². The number of nitrogens with one attached hydrogen (secondary N) is 2. The fraction of sp³-hybridized carbons (Fsp3) is 0.533. The third-order valence-electron chi connectivity index (χ3n) is 3.36. The van der Waals surface area contributed by atoms with Gasteiger partial charge in [-0.25, -0.2) is 0 Å². The van der Waals surface area contributed by atoms with Crippen molar-refractivity contribution in [3.05, 3.63) is 29.3 Å². The van der Waals surface area contributed by atoms with Gasteiger partial charge in [-0.2, -0.15) is 13.2 Å². The number of alkyl halides is 3. The fourth-order valence-corrected chi connectivity index (χ4v) is 1.94. The summed E-state index contributed by atoms with van der Waals surface area (Å²) >= 11 is 0. The van der Waals surface area contributed by atoms with Crippen LogP contribution in [0.5, 0.6) is 0 Å². The topological polar surface area (TPSA) is 41.1 Å². The van der Waals surface area contributed by atoms with E-state index in [1.807, 2.05) is 13.8 Å². The van der Waals surface area contributed by atoms with Gasteiger partial charge in [-0.15, -0.1) is 0 Å². The van der Waals surface area contributed by atoms with Gasteiger partial charge in [0.2, 0.25) is 5.91 Å². The molecule has 0 bridgehead atoms. The summed E-state index contributed by atoms with van der Waals surface area (Å²) in [5, 5.41) is 5.59. The largest absolute Gasteiger partial charge is 0.416 e. The zero-order valence-electron chi connectivity index (χ0n) is 12.5. The van der Waals surface area contributed by atoms with Crippen molar-refractivity contribution in [2.45, 2.75) is 45.8 Å². The Hall–Kier alpha value is -1.72. The molecular formula is C15H21F3N2O. The third-order valence-corrected chi connectivity index (χ3v) is 3.36. The van der Waals surface area contributed by atoms with Crippen LogP contribution in [-0.4, -0.2) is 18.5 Å². The minimum absolute atomic E-state index is 0.0430. The molecule has 0 aromatic heterocycles. The Kier molecular flexibility index (Phi) is 6.05. The van der Waals surface area contributed by atoms with Crippen molar-refractivity contribution in [3.63, 3.8) is 0 Å². The number of aryl methyl sites for hydroxylation is 1. The number of hydrogen-bond donors (Lipinski definition) is 2. The van der Waals surface area contributed by atoms with Gasteiger partial charge in [0, 0.05) is 11.7 Å². The molecular weight excluding hydrogens is 281 g/mol. The zero-order valence-corrected chi connectivity index (χ0v) is 12.5. The molecule has 0 aliphatic rings. The molecule has 0 aliphatic heterocycles. The molecule has 0 atom stereocenters. The predicted octanol–water partition coefficient (Wildman–Crippen LogP) is 3.73. The molecule has 1 rings (SSSR count). The van der Waals surface area contributed by atoms with Crippen LogP contribution in [0.25, 0.3) is 0 Å². The van der Waals surface area contributed by atoms with Gasteiger partial charge in [0.05, 0.1) is 12.1 Å². The Morgan fingerprint density at radius 1 is 1.24 bits per heavy atom. The van der Waals surface area contributed by atoms with E-state index in [-0.39, 0.29) is 18.5 Å². The standard InChI is InChI=1S/C15H21F3N2O/c1-4-12(5-2)20-14(21)9-19-13-8-11(15(16,17)18)7-6-10(13)3/h6-8,12,19H,4-5,9H2,1-3H3,(H,20,21). The van der Waals surface area contributed by atoms with Crippen LogP contribution in [0.15, 0.2) is 18.2 Å². The highest BCUT2D eigenvalue weighted by Gasteiger charge is 2.30. The summed E-state index contributed by atoms with van der Waals surface area (Å²) in [4.78, 5) is 11.7. The Bertz CT molecular complexity index is 482. The summed E-state index contributed by atoms with van der Waals surface area (Å²) in [6.45, 7) is 5.59. The van der Waals surface area contributed by atoms with Crippen molar-refractivity contribution in [3.8, 4) is 0 Å². The van der Waals surface area contributed by atoms with E-state index < -0.39 is 11.7 Å². The van der Waals surface area contributed by atoms with Gasteiger partial charge in [-0.3, -0.25) is 4.79 Å². The second kappa shape index (κ2) is 7.33. The van der Waals surface area contributed by atoms with Crippen LogP contribution in [0.1, 0.15) is 37.8 Å². The van der Waals surface area contributed by atoms with Crippen molar-refractivity contribution >= 4 is 11.6 Å². The number of anilines is 1. The lowest BCUT2D eigenvalue weighted by Crippen LogP contribution is -2.37. The molecule has 1 aromatic carbocycles. The lowest BCUT2D eigenvalue weighted by molar-refractivity contribution is -0.137. The summed E-state index contributed by atoms with van der Waals surface area (Å²) < 4.78 is 38.0. The molecule has 3 nitrogen and oxygen atoms in total. The number of amides is 1. The van der Waals surface area contributed by atoms with E-state index in [1.165, 1.54) is 6.07 Å². The predicted molar refractivity (Wildman–Crippen MR) is 77.2 cm³/mol. The van der Waals surface area contributed by atoms with Crippen LogP contribution >= 0.6 is 0 Å². The van der Waals surface area contributed by atoms with E-state index >= 15 is 0 Å². The molecule has 0 saturated heterocycles. The monoisotopic (exact) mass is 302 g/mol. The Labute approximate surface area is 122 Å². The molecule has 6 heteroatoms. The molecule has 0 aliphatic carbocycles. The molecule has 0 spiro atoms. The van der Waals surface area contributed by atoms with Crippen molar-refractivity contribution in [1.29, 1.82) is 0 Å². The molecule has 118 valence electrons. The summed E-state index contributed by atoms with van der Waals surface area (Å²) in [5.41, 5.74) is 0.263. The first-order valence-corrected chi connectivity index (χ1v) is 6.99. The minimum Gasteiger partial charge on any atom is -0.376 e. The van der Waals surface area contributed by atoms with Crippen LogP contribution in [0.2, 0.25) is 0 Å². The van der Waals surface area contributed by atoms with Crippen LogP contribution in [0, 0.1) is 6.92 Å². The number of rotatable bonds is 6. The van der Waals surface area contributed by atoms with Gasteiger partial charge in [-0.05, 0) is 37.5 Å². The zero-order chi connectivity index (χ0) is 16.0. The number of carbonyl (C=O) groups excluding carboxylic acids is 1. The average molecular weight is 302 g/mol. The molecule has 0 heterocycles. The Morgan fingerprint density at radius 3 is 2.38 bits per heavy atom. The highest BCUT2D eigenvalue weighted by Crippen LogP contribution is 2.31. The summed E-state index contributed by atoms with van der Waals surface area (Å²) in [7, 11) is 0. The maximum absolute atomic E-state index is 12.7. The lowest BCUT2D eigenvalue weighted by Gasteiger charge is -2.16. The van der Waals surface area contributed by atoms with Crippen molar-refractivity contribution in [2.75, 3.05) is 11.9 Å². The normalized spacial score (nSPS) is 11.6. The summed E-state index contributed by atoms with van der Waals surface area (Å²) in [6.07, 6.45) is -2.74. The maximum atomic E-state index is 12.7. The highest BCUT2D eigenvalue weighted by atomic mass is 19.4. The second-order valence-corrected chi connectivity index (χ2v) is 4.96. The molecule has 1 amide bonds. The van der Waals surface area contributed by atoms with Crippen LogP contribution in [0.3, 0.4) is 0 Å². The average Bonchev–Trinajstić information content (AvgIpc) is 2.42. The first-order chi connectivity index (χ1) is 9.77. The van der Waals surface area contributed by atoms with Crippen LogP contribution in [0.4, 0.5) is 18.9 Å². The van der Waals surface area contributed by atoms with Gasteiger partial charge in [0.15, 0.2) is 0 Å². The van der Waals surface area contributed by atoms with E-state index in [4.69, 9.17) is 0 Å². The molecule has 2 N–H and O–H groups in total. The number of halogens is 3. The first-order valence-electron chi connectivity index (χ1n) is 6.99. The van der Waals surface area contributed by atoms with Crippen LogP contribution < -0.4 is 10.6 Å². The smallest absolute Gasteiger partial charge is 0.376 e. The molecule has 0 radical (unpaired) electrons. The van der Waals surface area contributed by atoms with Crippen molar-refractivity contribution in [1.82, 2.24) is 5.32 Å². The van der Waals surface area contributed by atoms with Crippen LogP contribution in [-0.2, 0) is 11.0 Å². The minimum atomic E-state index is -4.39. The fourth-order valence-electron chi connectivity index (χ4n) is 1.94. The SMILES string of the molecule is CCC(CC)NC(=O)CNc1cc(C(F)(F)F)ccc1C. The van der Waals surface area contributed by atoms with Crippen molar-refractivity contribution < 1.29 is 18.0 Å². The van der Waals surface area contributed by atoms with Gasteiger partial charge < -0.3 is 10.6 Å². The van der Waals surface area contributed by atoms with Crippen molar-refractivity contribution in [2.24, 2.45) is 0 Å². The van der Waals surface area contributed by atoms with Gasteiger partial charge >= 0.3 is 6.18 Å². The van der Waals surface area contributed by atoms with E-state index in [0.29, 0.717) is 11.3 Å². The maximum Gasteiger partial charge on any atom is 0.416 e. The van der Waals surface area contributed by atoms with Gasteiger partial charge in [0.1, 0.15) is 0 Å². The third kappa shape index (κ3) is 5.28. The number of benzene rings is 1. The second-order valence-electron chi connectivity index (χ2n) is 4.96. The Morgan fingerprint density at radius 2 is 1.86 bits per heavy atom. The van der Waals surface area contributed by atoms with E-state index in [0.717, 1.165) is 25.0 Å². The number of hydrogen-bond acceptors (Lipinski definition) is 2. The molecule has 0 saturated carbocycles. The quantitative estimate of drug-likeness (QED) is 0.840. The summed E-state index contributed by atoms with van der Waals surface area (Å²) in [5.74, 6) is -0.222. The molecule has 0 fully saturated rings. The van der Waals surface area contributed by atoms with Gasteiger partial charge in [0.25, 0.3) is 0 Å².